The van der Waals surface area contributed by atoms with Crippen LogP contribution in [0.1, 0.15) is 25.7 Å². The minimum atomic E-state index is -0.184. The van der Waals surface area contributed by atoms with Crippen LogP contribution in [-0.4, -0.2) is 29.8 Å². The zero-order chi connectivity index (χ0) is 14.7. The van der Waals surface area contributed by atoms with E-state index in [1.54, 1.807) is 13.3 Å². The lowest BCUT2D eigenvalue weighted by Gasteiger charge is -2.28. The number of ether oxygens (including phenoxy) is 1. The van der Waals surface area contributed by atoms with E-state index in [1.807, 2.05) is 24.3 Å². The molecule has 21 heavy (non-hydrogen) atoms. The minimum absolute atomic E-state index is 0.184. The number of fused-ring (bicyclic) bond motifs is 1. The highest BCUT2D eigenvalue weighted by molar-refractivity contribution is 5.95. The third-order valence-corrected chi connectivity index (χ3v) is 4.39. The summed E-state index contributed by atoms with van der Waals surface area (Å²) in [7, 11) is 1.68. The molecule has 1 heterocycles. The monoisotopic (exact) mass is 286 g/mol. The molecule has 1 aromatic heterocycles. The number of nitrogens with zero attached hydrogens (tertiary/aromatic N) is 1. The maximum atomic E-state index is 10.1. The van der Waals surface area contributed by atoms with Crippen molar-refractivity contribution in [2.45, 2.75) is 31.8 Å². The number of nitrogens with one attached hydrogen (secondary N) is 1. The van der Waals surface area contributed by atoms with Crippen molar-refractivity contribution in [1.82, 2.24) is 4.98 Å². The number of aromatic nitrogens is 1. The fourth-order valence-corrected chi connectivity index (χ4v) is 3.15. The summed E-state index contributed by atoms with van der Waals surface area (Å²) >= 11 is 0. The molecule has 0 aliphatic heterocycles. The Labute approximate surface area is 125 Å². The van der Waals surface area contributed by atoms with Gasteiger partial charge in [0.1, 0.15) is 11.6 Å². The van der Waals surface area contributed by atoms with Gasteiger partial charge >= 0.3 is 0 Å². The second kappa shape index (κ2) is 6.31. The van der Waals surface area contributed by atoms with Crippen LogP contribution in [0.2, 0.25) is 0 Å². The maximum Gasteiger partial charge on any atom is 0.133 e. The lowest BCUT2D eigenvalue weighted by Crippen LogP contribution is -2.30. The Balaban J connectivity index is 1.80. The van der Waals surface area contributed by atoms with Gasteiger partial charge in [0.25, 0.3) is 0 Å². The topological polar surface area (TPSA) is 54.4 Å². The Morgan fingerprint density at radius 2 is 2.10 bits per heavy atom. The average Bonchev–Trinajstić information content (AvgIpc) is 2.53. The van der Waals surface area contributed by atoms with Crippen LogP contribution in [0, 0.1) is 5.92 Å². The van der Waals surface area contributed by atoms with Gasteiger partial charge in [-0.2, -0.15) is 0 Å². The van der Waals surface area contributed by atoms with Crippen LogP contribution in [0.25, 0.3) is 10.8 Å². The molecule has 0 spiro atoms. The molecule has 2 unspecified atom stereocenters. The van der Waals surface area contributed by atoms with E-state index in [2.05, 4.69) is 10.3 Å². The van der Waals surface area contributed by atoms with Gasteiger partial charge in [-0.3, -0.25) is 0 Å². The SMILES string of the molecule is COc1cccc2c(NCC3CCCCC3O)nccc12. The Morgan fingerprint density at radius 1 is 1.24 bits per heavy atom. The van der Waals surface area contributed by atoms with E-state index >= 15 is 0 Å². The van der Waals surface area contributed by atoms with E-state index in [-0.39, 0.29) is 6.10 Å². The standard InChI is InChI=1S/C17H22N2O2/c1-21-16-8-4-6-14-13(16)9-10-18-17(14)19-11-12-5-2-3-7-15(12)20/h4,6,8-10,12,15,20H,2-3,5,7,11H2,1H3,(H,18,19). The molecule has 3 rings (SSSR count). The van der Waals surface area contributed by atoms with Crippen molar-refractivity contribution in [3.05, 3.63) is 30.5 Å². The predicted molar refractivity (Wildman–Crippen MR) is 84.7 cm³/mol. The van der Waals surface area contributed by atoms with Crippen molar-refractivity contribution in [3.63, 3.8) is 0 Å². The highest BCUT2D eigenvalue weighted by Gasteiger charge is 2.22. The van der Waals surface area contributed by atoms with Gasteiger partial charge in [-0.15, -0.1) is 0 Å². The maximum absolute atomic E-state index is 10.1. The van der Waals surface area contributed by atoms with Crippen LogP contribution < -0.4 is 10.1 Å². The summed E-state index contributed by atoms with van der Waals surface area (Å²) in [6.07, 6.45) is 5.97. The van der Waals surface area contributed by atoms with Crippen LogP contribution >= 0.6 is 0 Å². The van der Waals surface area contributed by atoms with Gasteiger partial charge < -0.3 is 15.2 Å². The number of methoxy groups -OCH3 is 1. The van der Waals surface area contributed by atoms with Crippen molar-refractivity contribution < 1.29 is 9.84 Å². The Kier molecular flexibility index (Phi) is 4.25. The normalized spacial score (nSPS) is 22.2. The first-order valence-corrected chi connectivity index (χ1v) is 7.63. The molecule has 0 radical (unpaired) electrons. The second-order valence-electron chi connectivity index (χ2n) is 5.71. The van der Waals surface area contributed by atoms with Gasteiger partial charge in [-0.05, 0) is 25.0 Å². The molecule has 1 aromatic carbocycles. The summed E-state index contributed by atoms with van der Waals surface area (Å²) in [5.74, 6) is 2.04. The number of hydrogen-bond acceptors (Lipinski definition) is 4. The van der Waals surface area contributed by atoms with Crippen molar-refractivity contribution in [2.24, 2.45) is 5.92 Å². The van der Waals surface area contributed by atoms with Crippen molar-refractivity contribution in [2.75, 3.05) is 19.0 Å². The van der Waals surface area contributed by atoms with Crippen LogP contribution in [-0.2, 0) is 0 Å². The number of rotatable bonds is 4. The van der Waals surface area contributed by atoms with E-state index in [1.165, 1.54) is 6.42 Å². The summed E-state index contributed by atoms with van der Waals surface area (Å²) in [5.41, 5.74) is 0. The third-order valence-electron chi connectivity index (χ3n) is 4.39. The fourth-order valence-electron chi connectivity index (χ4n) is 3.15. The highest BCUT2D eigenvalue weighted by atomic mass is 16.5. The molecule has 4 heteroatoms. The highest BCUT2D eigenvalue weighted by Crippen LogP contribution is 2.30. The summed E-state index contributed by atoms with van der Waals surface area (Å²) in [6.45, 7) is 0.768. The fraction of sp³-hybridized carbons (Fsp3) is 0.471. The van der Waals surface area contributed by atoms with E-state index in [0.29, 0.717) is 5.92 Å². The van der Waals surface area contributed by atoms with Crippen LogP contribution in [0.4, 0.5) is 5.82 Å². The van der Waals surface area contributed by atoms with Crippen LogP contribution in [0.5, 0.6) is 5.75 Å². The van der Waals surface area contributed by atoms with E-state index in [4.69, 9.17) is 4.74 Å². The summed E-state index contributed by atoms with van der Waals surface area (Å²) in [5, 5.41) is 15.6. The molecule has 4 nitrogen and oxygen atoms in total. The zero-order valence-corrected chi connectivity index (χ0v) is 12.4. The van der Waals surface area contributed by atoms with Gasteiger partial charge in [0.15, 0.2) is 0 Å². The van der Waals surface area contributed by atoms with E-state index in [0.717, 1.165) is 48.1 Å². The molecular weight excluding hydrogens is 264 g/mol. The average molecular weight is 286 g/mol. The lowest BCUT2D eigenvalue weighted by atomic mass is 9.86. The third kappa shape index (κ3) is 2.95. The van der Waals surface area contributed by atoms with Crippen LogP contribution in [0.3, 0.4) is 0 Å². The Hall–Kier alpha value is -1.81. The molecule has 2 aromatic rings. The Bertz CT molecular complexity index is 615. The summed E-state index contributed by atoms with van der Waals surface area (Å²) < 4.78 is 5.40. The van der Waals surface area contributed by atoms with Crippen LogP contribution in [0.15, 0.2) is 30.5 Å². The van der Waals surface area contributed by atoms with Crippen molar-refractivity contribution in [1.29, 1.82) is 0 Å². The molecule has 0 saturated heterocycles. The largest absolute Gasteiger partial charge is 0.496 e. The molecular formula is C17H22N2O2. The summed E-state index contributed by atoms with van der Waals surface area (Å²) in [6, 6.07) is 7.94. The Morgan fingerprint density at radius 3 is 2.90 bits per heavy atom. The predicted octanol–water partition coefficient (Wildman–Crippen LogP) is 3.21. The molecule has 1 fully saturated rings. The number of aliphatic hydroxyl groups excluding tert-OH is 1. The first-order chi connectivity index (χ1) is 10.3. The van der Waals surface area contributed by atoms with Gasteiger partial charge in [0.2, 0.25) is 0 Å². The van der Waals surface area contributed by atoms with Gasteiger partial charge in [0, 0.05) is 29.4 Å². The molecule has 2 atom stereocenters. The first kappa shape index (κ1) is 14.1. The molecule has 1 aliphatic rings. The number of aliphatic hydroxyl groups is 1. The zero-order valence-electron chi connectivity index (χ0n) is 12.4. The molecule has 112 valence electrons. The van der Waals surface area contributed by atoms with Crippen molar-refractivity contribution >= 4 is 16.6 Å². The summed E-state index contributed by atoms with van der Waals surface area (Å²) in [4.78, 5) is 4.44. The smallest absolute Gasteiger partial charge is 0.133 e. The lowest BCUT2D eigenvalue weighted by molar-refractivity contribution is 0.0763. The van der Waals surface area contributed by atoms with Gasteiger partial charge in [0.05, 0.1) is 13.2 Å². The molecule has 0 amide bonds. The van der Waals surface area contributed by atoms with Gasteiger partial charge in [-0.25, -0.2) is 4.98 Å². The number of benzene rings is 1. The molecule has 1 aliphatic carbocycles. The quantitative estimate of drug-likeness (QED) is 0.906. The molecule has 0 bridgehead atoms. The van der Waals surface area contributed by atoms with E-state index < -0.39 is 0 Å². The number of pyridine rings is 1. The number of anilines is 1. The molecule has 1 saturated carbocycles. The van der Waals surface area contributed by atoms with Crippen molar-refractivity contribution in [3.8, 4) is 5.75 Å². The first-order valence-electron chi connectivity index (χ1n) is 7.63. The van der Waals surface area contributed by atoms with E-state index in [9.17, 15) is 5.11 Å². The number of hydrogen-bond donors (Lipinski definition) is 2. The minimum Gasteiger partial charge on any atom is -0.496 e. The molecule has 2 N–H and O–H groups in total. The van der Waals surface area contributed by atoms with Gasteiger partial charge in [-0.1, -0.05) is 25.0 Å². The second-order valence-corrected chi connectivity index (χ2v) is 5.71.